The van der Waals surface area contributed by atoms with Crippen LogP contribution in [0.4, 0.5) is 0 Å². The summed E-state index contributed by atoms with van der Waals surface area (Å²) in [6.45, 7) is 0. The van der Waals surface area contributed by atoms with E-state index in [0.717, 1.165) is 6.16 Å². The summed E-state index contributed by atoms with van der Waals surface area (Å²) in [6, 6.07) is -0.543. The van der Waals surface area contributed by atoms with Gasteiger partial charge in [0.25, 0.3) is 0 Å². The van der Waals surface area contributed by atoms with Crippen LogP contribution in [0.15, 0.2) is 0 Å². The average molecular weight is 164 g/mol. The lowest BCUT2D eigenvalue weighted by atomic mass is 10.2. The van der Waals surface area contributed by atoms with Crippen molar-refractivity contribution in [2.75, 3.05) is 12.5 Å². The topological polar surface area (TPSA) is 89.3 Å². The number of aliphatic hydroxyl groups excluding tert-OH is 1. The van der Waals surface area contributed by atoms with Gasteiger partial charge in [-0.15, -0.1) is 0 Å². The molecule has 0 saturated heterocycles. The summed E-state index contributed by atoms with van der Waals surface area (Å²) in [5, 5.41) is 8.37. The molecule has 0 aromatic carbocycles. The molecule has 0 aliphatic heterocycles. The number of amides is 1. The van der Waals surface area contributed by atoms with Crippen LogP contribution in [-0.4, -0.2) is 29.6 Å². The summed E-state index contributed by atoms with van der Waals surface area (Å²) in [5.41, 5.74) is 10.2. The smallest absolute Gasteiger partial charge is 0.234 e. The highest BCUT2D eigenvalue weighted by molar-refractivity contribution is 7.37. The molecule has 0 aromatic heterocycles. The Bertz CT molecular complexity index is 110. The van der Waals surface area contributed by atoms with Gasteiger partial charge >= 0.3 is 0 Å². The van der Waals surface area contributed by atoms with Crippen molar-refractivity contribution in [3.05, 3.63) is 0 Å². The summed E-state index contributed by atoms with van der Waals surface area (Å²) >= 11 is 0. The van der Waals surface area contributed by atoms with Crippen LogP contribution in [0.25, 0.3) is 0 Å². The van der Waals surface area contributed by atoms with Crippen LogP contribution in [-0.2, 0) is 4.79 Å². The Balaban J connectivity index is 3.21. The van der Waals surface area contributed by atoms with Crippen LogP contribution in [0.3, 0.4) is 0 Å². The Hall–Kier alpha value is -0.180. The number of hydrogen-bond acceptors (Lipinski definition) is 3. The van der Waals surface area contributed by atoms with Gasteiger partial charge in [0.1, 0.15) is 0 Å². The lowest BCUT2D eigenvalue weighted by Gasteiger charge is -2.04. The maximum absolute atomic E-state index is 10.3. The molecule has 0 radical (unpaired) electrons. The highest BCUT2D eigenvalue weighted by Gasteiger charge is 2.06. The van der Waals surface area contributed by atoms with E-state index in [2.05, 4.69) is 0 Å². The SMILES string of the molecule is NC(=O)[C@H](N)CCPCO. The summed E-state index contributed by atoms with van der Waals surface area (Å²) in [7, 11) is 0.468. The minimum absolute atomic E-state index is 0.172. The van der Waals surface area contributed by atoms with Gasteiger partial charge in [-0.25, -0.2) is 0 Å². The van der Waals surface area contributed by atoms with Crippen LogP contribution < -0.4 is 11.5 Å². The summed E-state index contributed by atoms with van der Waals surface area (Å²) in [6.07, 6.45) is 1.53. The zero-order valence-corrected chi connectivity index (χ0v) is 6.71. The molecular weight excluding hydrogens is 151 g/mol. The van der Waals surface area contributed by atoms with Gasteiger partial charge in [-0.1, -0.05) is 8.58 Å². The minimum Gasteiger partial charge on any atom is -0.392 e. The number of carbonyl (C=O) groups excluding carboxylic acids is 1. The fourth-order valence-corrected chi connectivity index (χ4v) is 1.15. The molecule has 60 valence electrons. The van der Waals surface area contributed by atoms with E-state index in [4.69, 9.17) is 16.6 Å². The van der Waals surface area contributed by atoms with Crippen molar-refractivity contribution in [2.24, 2.45) is 11.5 Å². The van der Waals surface area contributed by atoms with E-state index in [1.807, 2.05) is 0 Å². The molecule has 0 heterocycles. The van der Waals surface area contributed by atoms with Gasteiger partial charge in [0.15, 0.2) is 0 Å². The van der Waals surface area contributed by atoms with E-state index in [-0.39, 0.29) is 6.35 Å². The first-order chi connectivity index (χ1) is 4.68. The van der Waals surface area contributed by atoms with Crippen LogP contribution in [0.2, 0.25) is 0 Å². The molecular formula is C5H13N2O2P. The molecule has 5 N–H and O–H groups in total. The molecule has 0 saturated carbocycles. The predicted molar refractivity (Wildman–Crippen MR) is 42.1 cm³/mol. The van der Waals surface area contributed by atoms with E-state index < -0.39 is 11.9 Å². The first kappa shape index (κ1) is 9.82. The number of primary amides is 1. The fraction of sp³-hybridized carbons (Fsp3) is 0.800. The molecule has 10 heavy (non-hydrogen) atoms. The molecule has 1 amide bonds. The molecule has 1 unspecified atom stereocenters. The average Bonchev–Trinajstić information content (AvgIpc) is 1.88. The molecule has 0 aromatic rings. The Morgan fingerprint density at radius 2 is 2.30 bits per heavy atom. The number of carbonyl (C=O) groups is 1. The molecule has 0 aliphatic carbocycles. The summed E-state index contributed by atoms with van der Waals surface area (Å²) in [5.74, 6) is -0.470. The Morgan fingerprint density at radius 3 is 2.70 bits per heavy atom. The second-order valence-electron chi connectivity index (χ2n) is 1.96. The van der Waals surface area contributed by atoms with Crippen molar-refractivity contribution in [3.63, 3.8) is 0 Å². The molecule has 0 aliphatic rings. The highest BCUT2D eigenvalue weighted by Crippen LogP contribution is 2.08. The maximum Gasteiger partial charge on any atom is 0.234 e. The van der Waals surface area contributed by atoms with Crippen LogP contribution in [0, 0.1) is 0 Å². The van der Waals surface area contributed by atoms with Crippen molar-refractivity contribution in [1.29, 1.82) is 0 Å². The van der Waals surface area contributed by atoms with Crippen LogP contribution in [0.1, 0.15) is 6.42 Å². The summed E-state index contributed by atoms with van der Waals surface area (Å²) in [4.78, 5) is 10.3. The zero-order chi connectivity index (χ0) is 7.98. The maximum atomic E-state index is 10.3. The van der Waals surface area contributed by atoms with Crippen molar-refractivity contribution in [1.82, 2.24) is 0 Å². The number of nitrogens with two attached hydrogens (primary N) is 2. The Labute approximate surface area is 61.7 Å². The largest absolute Gasteiger partial charge is 0.392 e. The summed E-state index contributed by atoms with van der Waals surface area (Å²) < 4.78 is 0. The lowest BCUT2D eigenvalue weighted by molar-refractivity contribution is -0.119. The fourth-order valence-electron chi connectivity index (χ4n) is 0.479. The molecule has 0 fully saturated rings. The number of aliphatic hydroxyl groups is 1. The van der Waals surface area contributed by atoms with Crippen molar-refractivity contribution in [2.45, 2.75) is 12.5 Å². The molecule has 0 rings (SSSR count). The standard InChI is InChI=1S/C5H13N2O2P/c6-4(5(7)9)1-2-10-3-8/h4,8,10H,1-3,6H2,(H2,7,9)/t4-/m1/s1. The normalized spacial score (nSPS) is 14.2. The highest BCUT2D eigenvalue weighted by atomic mass is 31.1. The van der Waals surface area contributed by atoms with Gasteiger partial charge in [0, 0.05) is 0 Å². The number of rotatable bonds is 5. The predicted octanol–water partition coefficient (Wildman–Crippen LogP) is -1.18. The first-order valence-electron chi connectivity index (χ1n) is 3.05. The van der Waals surface area contributed by atoms with Gasteiger partial charge in [0.2, 0.25) is 5.91 Å². The molecule has 0 spiro atoms. The molecule has 2 atom stereocenters. The minimum atomic E-state index is -0.543. The number of hydrogen-bond donors (Lipinski definition) is 3. The van der Waals surface area contributed by atoms with E-state index in [0.29, 0.717) is 15.0 Å². The Kier molecular flexibility index (Phi) is 5.49. The van der Waals surface area contributed by atoms with Gasteiger partial charge in [-0.2, -0.15) is 0 Å². The van der Waals surface area contributed by atoms with Crippen molar-refractivity contribution < 1.29 is 9.90 Å². The molecule has 4 nitrogen and oxygen atoms in total. The quantitative estimate of drug-likeness (QED) is 0.353. The van der Waals surface area contributed by atoms with E-state index in [1.165, 1.54) is 0 Å². The van der Waals surface area contributed by atoms with E-state index >= 15 is 0 Å². The van der Waals surface area contributed by atoms with E-state index in [9.17, 15) is 4.79 Å². The van der Waals surface area contributed by atoms with Crippen molar-refractivity contribution >= 4 is 14.5 Å². The second kappa shape index (κ2) is 5.59. The van der Waals surface area contributed by atoms with Crippen LogP contribution in [0.5, 0.6) is 0 Å². The molecule has 0 bridgehead atoms. The third-order valence-corrected chi connectivity index (χ3v) is 1.98. The van der Waals surface area contributed by atoms with Crippen molar-refractivity contribution in [3.8, 4) is 0 Å². The second-order valence-corrected chi connectivity index (χ2v) is 3.27. The zero-order valence-electron chi connectivity index (χ0n) is 5.71. The first-order valence-corrected chi connectivity index (χ1v) is 4.46. The van der Waals surface area contributed by atoms with Gasteiger partial charge < -0.3 is 16.6 Å². The third-order valence-electron chi connectivity index (χ3n) is 1.11. The monoisotopic (exact) mass is 164 g/mol. The van der Waals surface area contributed by atoms with Gasteiger partial charge in [-0.05, 0) is 12.6 Å². The van der Waals surface area contributed by atoms with Gasteiger partial charge in [0.05, 0.1) is 12.4 Å². The Morgan fingerprint density at radius 1 is 1.70 bits per heavy atom. The third kappa shape index (κ3) is 4.68. The molecule has 5 heteroatoms. The van der Waals surface area contributed by atoms with Crippen LogP contribution >= 0.6 is 8.58 Å². The van der Waals surface area contributed by atoms with Gasteiger partial charge in [-0.3, -0.25) is 4.79 Å². The van der Waals surface area contributed by atoms with E-state index in [1.54, 1.807) is 0 Å². The lowest BCUT2D eigenvalue weighted by Crippen LogP contribution is -2.36.